The molecule has 4 rings (SSSR count). The molecule has 0 aliphatic carbocycles. The third kappa shape index (κ3) is 2.91. The zero-order chi connectivity index (χ0) is 18.5. The van der Waals surface area contributed by atoms with E-state index in [1.165, 1.54) is 0 Å². The van der Waals surface area contributed by atoms with E-state index < -0.39 is 6.10 Å². The highest BCUT2D eigenvalue weighted by atomic mass is 16.5. The predicted molar refractivity (Wildman–Crippen MR) is 98.2 cm³/mol. The van der Waals surface area contributed by atoms with Crippen LogP contribution in [0.4, 0.5) is 0 Å². The molecule has 1 unspecified atom stereocenters. The van der Waals surface area contributed by atoms with E-state index in [-0.39, 0.29) is 5.97 Å². The summed E-state index contributed by atoms with van der Waals surface area (Å²) in [5, 5.41) is 13.0. The lowest BCUT2D eigenvalue weighted by molar-refractivity contribution is -0.656. The summed E-state index contributed by atoms with van der Waals surface area (Å²) < 4.78 is 7.19. The second-order valence-corrected chi connectivity index (χ2v) is 8.18. The molecule has 0 saturated carbocycles. The van der Waals surface area contributed by atoms with Crippen LogP contribution < -0.4 is 0 Å². The number of esters is 1. The predicted octanol–water partition coefficient (Wildman–Crippen LogP) is 1.35. The number of likely N-dealkylation sites (tertiary alicyclic amines) is 1. The lowest BCUT2D eigenvalue weighted by Gasteiger charge is -2.37. The van der Waals surface area contributed by atoms with Gasteiger partial charge in [0.1, 0.15) is 6.61 Å². The Morgan fingerprint density at radius 3 is 2.77 bits per heavy atom. The number of carbonyl (C=O) groups is 1. The van der Waals surface area contributed by atoms with Crippen molar-refractivity contribution in [3.05, 3.63) is 34.4 Å². The third-order valence-electron chi connectivity index (χ3n) is 6.48. The quantitative estimate of drug-likeness (QED) is 0.653. The zero-order valence-electron chi connectivity index (χ0n) is 15.7. The minimum absolute atomic E-state index is 0.258. The fourth-order valence-corrected chi connectivity index (χ4v) is 4.74. The van der Waals surface area contributed by atoms with E-state index in [2.05, 4.69) is 28.4 Å². The Morgan fingerprint density at radius 2 is 2.12 bits per heavy atom. The second kappa shape index (κ2) is 6.35. The molecule has 0 aromatic heterocycles. The average Bonchev–Trinajstić information content (AvgIpc) is 3.11. The first kappa shape index (κ1) is 17.5. The minimum Gasteiger partial charge on any atom is -0.457 e. The largest absolute Gasteiger partial charge is 0.457 e. The van der Waals surface area contributed by atoms with Gasteiger partial charge in [0.25, 0.3) is 0 Å². The number of β-amino-alcohol motifs (C(OH)–C–C–N with tert-alkyl or cyclic N) is 1. The topological polar surface area (TPSA) is 56.0 Å². The van der Waals surface area contributed by atoms with Gasteiger partial charge in [-0.1, -0.05) is 6.07 Å². The molecule has 2 fully saturated rings. The summed E-state index contributed by atoms with van der Waals surface area (Å²) in [5.74, 6) is -0.258. The van der Waals surface area contributed by atoms with Gasteiger partial charge >= 0.3 is 5.97 Å². The van der Waals surface area contributed by atoms with Crippen LogP contribution in [-0.2, 0) is 11.3 Å². The van der Waals surface area contributed by atoms with Gasteiger partial charge in [0, 0.05) is 12.1 Å². The number of fused-ring (bicyclic) bond motifs is 1. The molecule has 3 aliphatic rings. The lowest BCUT2D eigenvalue weighted by atomic mass is 9.79. The van der Waals surface area contributed by atoms with Crippen LogP contribution in [0.3, 0.4) is 0 Å². The van der Waals surface area contributed by atoms with E-state index in [1.807, 2.05) is 13.0 Å². The van der Waals surface area contributed by atoms with Gasteiger partial charge in [-0.05, 0) is 50.0 Å². The number of ether oxygens (including phenoxy) is 1. The van der Waals surface area contributed by atoms with E-state index >= 15 is 0 Å². The molecule has 3 aliphatic heterocycles. The molecule has 26 heavy (non-hydrogen) atoms. The van der Waals surface area contributed by atoms with E-state index in [4.69, 9.17) is 4.74 Å². The van der Waals surface area contributed by atoms with Gasteiger partial charge in [-0.2, -0.15) is 5.01 Å². The molecular weight excluding hydrogens is 330 g/mol. The Labute approximate surface area is 154 Å². The molecule has 2 saturated heterocycles. The van der Waals surface area contributed by atoms with Crippen molar-refractivity contribution in [2.24, 2.45) is 5.41 Å². The van der Waals surface area contributed by atoms with Crippen LogP contribution in [0, 0.1) is 12.3 Å². The first-order valence-electron chi connectivity index (χ1n) is 9.38. The van der Waals surface area contributed by atoms with Gasteiger partial charge in [0.2, 0.25) is 0 Å². The van der Waals surface area contributed by atoms with Gasteiger partial charge in [-0.15, -0.1) is 4.68 Å². The number of benzene rings is 1. The number of hydrazone groups is 1. The van der Waals surface area contributed by atoms with Crippen molar-refractivity contribution in [3.63, 3.8) is 0 Å². The van der Waals surface area contributed by atoms with E-state index in [9.17, 15) is 9.90 Å². The van der Waals surface area contributed by atoms with Crippen molar-refractivity contribution < 1.29 is 19.3 Å². The number of aliphatic hydroxyl groups is 1. The third-order valence-corrected chi connectivity index (χ3v) is 6.48. The van der Waals surface area contributed by atoms with Crippen molar-refractivity contribution in [1.82, 2.24) is 9.91 Å². The van der Waals surface area contributed by atoms with Crippen molar-refractivity contribution in [3.8, 4) is 0 Å². The lowest BCUT2D eigenvalue weighted by Crippen LogP contribution is -2.44. The second-order valence-electron chi connectivity index (χ2n) is 8.18. The first-order valence-corrected chi connectivity index (χ1v) is 9.38. The summed E-state index contributed by atoms with van der Waals surface area (Å²) in [6, 6.07) is 3.67. The molecule has 1 aromatic carbocycles. The first-order chi connectivity index (χ1) is 12.4. The number of nitrogens with zero attached hydrogens (tertiary/aromatic N) is 3. The number of hydrogen-bond donors (Lipinski definition) is 1. The molecule has 1 aromatic rings. The van der Waals surface area contributed by atoms with Crippen molar-refractivity contribution >= 4 is 12.7 Å². The summed E-state index contributed by atoms with van der Waals surface area (Å²) in [4.78, 5) is 14.0. The van der Waals surface area contributed by atoms with Crippen molar-refractivity contribution in [2.45, 2.75) is 32.5 Å². The maximum absolute atomic E-state index is 11.7. The van der Waals surface area contributed by atoms with Gasteiger partial charge < -0.3 is 14.7 Å². The number of rotatable bonds is 3. The minimum atomic E-state index is -0.541. The summed E-state index contributed by atoms with van der Waals surface area (Å²) in [6.07, 6.45) is 1.74. The average molecular weight is 358 g/mol. The molecule has 1 spiro atoms. The molecule has 0 bridgehead atoms. The molecule has 1 N–H and O–H groups in total. The van der Waals surface area contributed by atoms with Crippen molar-refractivity contribution in [2.75, 3.05) is 39.8 Å². The molecule has 6 heteroatoms. The number of cyclic esters (lactones) is 1. The highest BCUT2D eigenvalue weighted by Crippen LogP contribution is 2.37. The molecule has 1 atom stereocenters. The highest BCUT2D eigenvalue weighted by molar-refractivity contribution is 5.93. The maximum Gasteiger partial charge on any atom is 0.338 e. The Bertz CT molecular complexity index is 753. The standard InChI is InChI=1S/C20H28N3O3/c1-14-15(4-5-16-17(14)11-26-19(16)25)18(24)10-23-8-6-20(7-9-23)12-21(2)22(3)13-20/h4-5,18,24H,2,6-13H2,1,3H3/q+1. The number of hydrogen-bond acceptors (Lipinski definition) is 5. The highest BCUT2D eigenvalue weighted by Gasteiger charge is 2.46. The van der Waals surface area contributed by atoms with E-state index in [0.717, 1.165) is 55.7 Å². The van der Waals surface area contributed by atoms with Crippen LogP contribution >= 0.6 is 0 Å². The summed E-state index contributed by atoms with van der Waals surface area (Å²) >= 11 is 0. The molecular formula is C20H28N3O3+. The molecule has 140 valence electrons. The molecule has 6 nitrogen and oxygen atoms in total. The Hall–Kier alpha value is -1.92. The summed E-state index contributed by atoms with van der Waals surface area (Å²) in [6.45, 7) is 11.1. The van der Waals surface area contributed by atoms with Crippen LogP contribution in [0.15, 0.2) is 12.1 Å². The maximum atomic E-state index is 11.7. The normalized spacial score (nSPS) is 23.4. The molecule has 3 heterocycles. The zero-order valence-corrected chi connectivity index (χ0v) is 15.7. The fourth-order valence-electron chi connectivity index (χ4n) is 4.74. The fraction of sp³-hybridized carbons (Fsp3) is 0.600. The Morgan fingerprint density at radius 1 is 1.38 bits per heavy atom. The summed E-state index contributed by atoms with van der Waals surface area (Å²) in [5.41, 5.74) is 3.81. The summed E-state index contributed by atoms with van der Waals surface area (Å²) in [7, 11) is 2.10. The van der Waals surface area contributed by atoms with Crippen LogP contribution in [0.25, 0.3) is 0 Å². The smallest absolute Gasteiger partial charge is 0.338 e. The Balaban J connectivity index is 1.40. The van der Waals surface area contributed by atoms with Gasteiger partial charge in [0.15, 0.2) is 13.3 Å². The van der Waals surface area contributed by atoms with E-state index in [0.29, 0.717) is 24.1 Å². The Kier molecular flexibility index (Phi) is 4.28. The number of hydrazine groups is 1. The molecule has 0 amide bonds. The van der Waals surface area contributed by atoms with Crippen LogP contribution in [-0.4, -0.2) is 72.2 Å². The van der Waals surface area contributed by atoms with Crippen LogP contribution in [0.5, 0.6) is 0 Å². The molecule has 0 radical (unpaired) electrons. The monoisotopic (exact) mass is 358 g/mol. The van der Waals surface area contributed by atoms with Crippen LogP contribution in [0.1, 0.15) is 46.0 Å². The van der Waals surface area contributed by atoms with E-state index in [1.54, 1.807) is 6.07 Å². The SMILES string of the molecule is C=[N+]1CC2(CCN(CC(O)c3ccc4c(c3C)COC4=O)CC2)CN1C. The van der Waals surface area contributed by atoms with Gasteiger partial charge in [-0.25, -0.2) is 4.79 Å². The van der Waals surface area contributed by atoms with Gasteiger partial charge in [-0.3, -0.25) is 0 Å². The number of carbonyl (C=O) groups excluding carboxylic acids is 1. The van der Waals surface area contributed by atoms with Gasteiger partial charge in [0.05, 0.1) is 30.7 Å². The number of piperidine rings is 1. The number of aliphatic hydroxyl groups excluding tert-OH is 1. The van der Waals surface area contributed by atoms with Crippen molar-refractivity contribution in [1.29, 1.82) is 0 Å². The van der Waals surface area contributed by atoms with Crippen LogP contribution in [0.2, 0.25) is 0 Å².